The van der Waals surface area contributed by atoms with Crippen LogP contribution in [-0.2, 0) is 0 Å². The van der Waals surface area contributed by atoms with E-state index in [0.717, 1.165) is 18.7 Å². The van der Waals surface area contributed by atoms with Crippen LogP contribution >= 0.6 is 11.8 Å². The van der Waals surface area contributed by atoms with E-state index in [4.69, 9.17) is 0 Å². The van der Waals surface area contributed by atoms with Crippen molar-refractivity contribution in [3.63, 3.8) is 0 Å². The Labute approximate surface area is 119 Å². The third kappa shape index (κ3) is 5.51. The Morgan fingerprint density at radius 1 is 1.47 bits per heavy atom. The predicted octanol–water partition coefficient (Wildman–Crippen LogP) is 2.77. The Hall–Kier alpha value is -1.23. The van der Waals surface area contributed by atoms with Crippen LogP contribution in [0.25, 0.3) is 0 Å². The number of carbonyl (C=O) groups excluding carboxylic acids is 1. The van der Waals surface area contributed by atoms with Gasteiger partial charge in [0.2, 0.25) is 0 Å². The zero-order chi connectivity index (χ0) is 14.3. The number of anilines is 1. The summed E-state index contributed by atoms with van der Waals surface area (Å²) >= 11 is 1.73. The smallest absolute Gasteiger partial charge is 0.270 e. The molecule has 2 N–H and O–H groups in total. The van der Waals surface area contributed by atoms with Gasteiger partial charge in [-0.15, -0.1) is 0 Å². The zero-order valence-electron chi connectivity index (χ0n) is 12.1. The Morgan fingerprint density at radius 3 is 2.84 bits per heavy atom. The van der Waals surface area contributed by atoms with Gasteiger partial charge in [0.1, 0.15) is 5.69 Å². The van der Waals surface area contributed by atoms with Crippen molar-refractivity contribution in [2.24, 2.45) is 0 Å². The van der Waals surface area contributed by atoms with Crippen molar-refractivity contribution in [3.05, 3.63) is 24.0 Å². The number of carbonyl (C=O) groups is 1. The standard InChI is InChI=1S/C14H23N3OS/c1-5-7-15-11-6-8-16-12(9-11)13(18)17-10-14(2,3)19-4/h6,8-9H,5,7,10H2,1-4H3,(H,15,16)(H,17,18). The van der Waals surface area contributed by atoms with Gasteiger partial charge < -0.3 is 10.6 Å². The van der Waals surface area contributed by atoms with Crippen LogP contribution in [0.3, 0.4) is 0 Å². The van der Waals surface area contributed by atoms with Crippen molar-refractivity contribution >= 4 is 23.4 Å². The quantitative estimate of drug-likeness (QED) is 0.807. The van der Waals surface area contributed by atoms with Gasteiger partial charge in [-0.05, 0) is 38.7 Å². The number of hydrogen-bond acceptors (Lipinski definition) is 4. The molecular weight excluding hydrogens is 258 g/mol. The second-order valence-corrected chi connectivity index (χ2v) is 6.52. The molecule has 0 fully saturated rings. The van der Waals surface area contributed by atoms with E-state index in [1.54, 1.807) is 24.0 Å². The third-order valence-corrected chi connectivity index (χ3v) is 4.05. The van der Waals surface area contributed by atoms with Gasteiger partial charge in [0, 0.05) is 29.7 Å². The van der Waals surface area contributed by atoms with E-state index in [0.29, 0.717) is 12.2 Å². The lowest BCUT2D eigenvalue weighted by Crippen LogP contribution is -2.36. The van der Waals surface area contributed by atoms with E-state index in [2.05, 4.69) is 36.4 Å². The van der Waals surface area contributed by atoms with E-state index in [1.165, 1.54) is 0 Å². The minimum Gasteiger partial charge on any atom is -0.385 e. The van der Waals surface area contributed by atoms with Crippen molar-refractivity contribution in [2.75, 3.05) is 24.7 Å². The molecule has 0 unspecified atom stereocenters. The molecule has 0 aliphatic rings. The molecule has 19 heavy (non-hydrogen) atoms. The summed E-state index contributed by atoms with van der Waals surface area (Å²) in [6.45, 7) is 7.83. The van der Waals surface area contributed by atoms with Gasteiger partial charge in [-0.1, -0.05) is 6.92 Å². The number of rotatable bonds is 7. The highest BCUT2D eigenvalue weighted by atomic mass is 32.2. The van der Waals surface area contributed by atoms with Gasteiger partial charge >= 0.3 is 0 Å². The molecule has 0 atom stereocenters. The molecule has 0 aliphatic heterocycles. The molecule has 1 aromatic heterocycles. The Kier molecular flexibility index (Phi) is 6.15. The second-order valence-electron chi connectivity index (χ2n) is 5.00. The van der Waals surface area contributed by atoms with Crippen LogP contribution in [0, 0.1) is 0 Å². The molecule has 0 radical (unpaired) electrons. The van der Waals surface area contributed by atoms with Gasteiger partial charge in [-0.25, -0.2) is 0 Å². The first kappa shape index (κ1) is 15.8. The Morgan fingerprint density at radius 2 is 2.21 bits per heavy atom. The van der Waals surface area contributed by atoms with Crippen molar-refractivity contribution in [2.45, 2.75) is 31.9 Å². The van der Waals surface area contributed by atoms with Gasteiger partial charge in [-0.3, -0.25) is 9.78 Å². The summed E-state index contributed by atoms with van der Waals surface area (Å²) in [6, 6.07) is 3.66. The highest BCUT2D eigenvalue weighted by Gasteiger charge is 2.18. The van der Waals surface area contributed by atoms with Gasteiger partial charge in [-0.2, -0.15) is 11.8 Å². The second kappa shape index (κ2) is 7.38. The molecule has 5 heteroatoms. The maximum atomic E-state index is 12.0. The summed E-state index contributed by atoms with van der Waals surface area (Å²) in [4.78, 5) is 16.1. The average molecular weight is 281 g/mol. The van der Waals surface area contributed by atoms with E-state index in [9.17, 15) is 4.79 Å². The van der Waals surface area contributed by atoms with Gasteiger partial charge in [0.05, 0.1) is 0 Å². The van der Waals surface area contributed by atoms with Crippen LogP contribution in [0.5, 0.6) is 0 Å². The maximum Gasteiger partial charge on any atom is 0.270 e. The molecule has 0 spiro atoms. The number of nitrogens with one attached hydrogen (secondary N) is 2. The summed E-state index contributed by atoms with van der Waals surface area (Å²) < 4.78 is 0.0354. The van der Waals surface area contributed by atoms with Gasteiger partial charge in [0.15, 0.2) is 0 Å². The van der Waals surface area contributed by atoms with Crippen LogP contribution in [0.2, 0.25) is 0 Å². The van der Waals surface area contributed by atoms with E-state index < -0.39 is 0 Å². The van der Waals surface area contributed by atoms with Crippen LogP contribution in [0.1, 0.15) is 37.7 Å². The zero-order valence-corrected chi connectivity index (χ0v) is 12.9. The highest BCUT2D eigenvalue weighted by Crippen LogP contribution is 2.19. The monoisotopic (exact) mass is 281 g/mol. The number of amides is 1. The summed E-state index contributed by atoms with van der Waals surface area (Å²) in [5.41, 5.74) is 1.39. The lowest BCUT2D eigenvalue weighted by Gasteiger charge is -2.22. The fraction of sp³-hybridized carbons (Fsp3) is 0.571. The van der Waals surface area contributed by atoms with Crippen molar-refractivity contribution < 1.29 is 4.79 Å². The summed E-state index contributed by atoms with van der Waals surface area (Å²) in [5.74, 6) is -0.123. The molecule has 1 aromatic rings. The maximum absolute atomic E-state index is 12.0. The lowest BCUT2D eigenvalue weighted by molar-refractivity contribution is 0.0946. The summed E-state index contributed by atoms with van der Waals surface area (Å²) in [7, 11) is 0. The topological polar surface area (TPSA) is 54.0 Å². The first-order valence-corrected chi connectivity index (χ1v) is 7.74. The third-order valence-electron chi connectivity index (χ3n) is 2.80. The molecule has 0 aromatic carbocycles. The SMILES string of the molecule is CCCNc1ccnc(C(=O)NCC(C)(C)SC)c1. The number of nitrogens with zero attached hydrogens (tertiary/aromatic N) is 1. The minimum atomic E-state index is -0.123. The van der Waals surface area contributed by atoms with E-state index in [-0.39, 0.29) is 10.7 Å². The normalized spacial score (nSPS) is 11.2. The summed E-state index contributed by atoms with van der Waals surface area (Å²) in [6.07, 6.45) is 4.75. The van der Waals surface area contributed by atoms with Crippen LogP contribution in [0.4, 0.5) is 5.69 Å². The van der Waals surface area contributed by atoms with Gasteiger partial charge in [0.25, 0.3) is 5.91 Å². The first-order valence-electron chi connectivity index (χ1n) is 6.52. The molecule has 0 bridgehead atoms. The lowest BCUT2D eigenvalue weighted by atomic mass is 10.2. The van der Waals surface area contributed by atoms with E-state index >= 15 is 0 Å². The van der Waals surface area contributed by atoms with Crippen molar-refractivity contribution in [1.29, 1.82) is 0 Å². The fourth-order valence-corrected chi connectivity index (χ4v) is 1.61. The van der Waals surface area contributed by atoms with E-state index in [1.807, 2.05) is 12.3 Å². The molecule has 1 rings (SSSR count). The fourth-order valence-electron chi connectivity index (χ4n) is 1.39. The minimum absolute atomic E-state index is 0.0354. The number of pyridine rings is 1. The molecule has 0 aliphatic carbocycles. The van der Waals surface area contributed by atoms with Crippen LogP contribution in [0.15, 0.2) is 18.3 Å². The predicted molar refractivity (Wildman–Crippen MR) is 82.9 cm³/mol. The molecule has 106 valence electrons. The number of thioether (sulfide) groups is 1. The first-order chi connectivity index (χ1) is 8.98. The summed E-state index contributed by atoms with van der Waals surface area (Å²) in [5, 5.41) is 6.17. The Bertz CT molecular complexity index is 421. The highest BCUT2D eigenvalue weighted by molar-refractivity contribution is 7.99. The molecule has 0 saturated heterocycles. The largest absolute Gasteiger partial charge is 0.385 e. The Balaban J connectivity index is 2.61. The molecule has 4 nitrogen and oxygen atoms in total. The average Bonchev–Trinajstić information content (AvgIpc) is 2.43. The molecule has 1 amide bonds. The number of aromatic nitrogens is 1. The number of hydrogen-bond donors (Lipinski definition) is 2. The van der Waals surface area contributed by atoms with Crippen molar-refractivity contribution in [3.8, 4) is 0 Å². The van der Waals surface area contributed by atoms with Crippen molar-refractivity contribution in [1.82, 2.24) is 10.3 Å². The molecule has 0 saturated carbocycles. The molecule has 1 heterocycles. The molecular formula is C14H23N3OS. The van der Waals surface area contributed by atoms with Crippen LogP contribution in [-0.4, -0.2) is 35.0 Å². The van der Waals surface area contributed by atoms with Crippen LogP contribution < -0.4 is 10.6 Å².